The van der Waals surface area contributed by atoms with Crippen molar-refractivity contribution in [2.75, 3.05) is 13.1 Å². The predicted octanol–water partition coefficient (Wildman–Crippen LogP) is 1.28. The molecular formula is C12H16FNO3S. The van der Waals surface area contributed by atoms with Gasteiger partial charge in [-0.2, -0.15) is 4.31 Å². The maximum atomic E-state index is 13.0. The summed E-state index contributed by atoms with van der Waals surface area (Å²) in [6.07, 6.45) is 0.515. The van der Waals surface area contributed by atoms with Gasteiger partial charge >= 0.3 is 0 Å². The lowest BCUT2D eigenvalue weighted by atomic mass is 9.94. The maximum absolute atomic E-state index is 13.0. The summed E-state index contributed by atoms with van der Waals surface area (Å²) < 4.78 is 38.7. The van der Waals surface area contributed by atoms with Crippen LogP contribution in [0.3, 0.4) is 0 Å². The Bertz CT molecular complexity index is 565. The number of sulfonamides is 1. The van der Waals surface area contributed by atoms with Gasteiger partial charge in [-0.1, -0.05) is 6.92 Å². The summed E-state index contributed by atoms with van der Waals surface area (Å²) in [6.45, 7) is 3.57. The topological polar surface area (TPSA) is 57.6 Å². The van der Waals surface area contributed by atoms with Gasteiger partial charge in [0.2, 0.25) is 10.0 Å². The van der Waals surface area contributed by atoms with Crippen molar-refractivity contribution in [3.63, 3.8) is 0 Å². The second-order valence-corrected chi connectivity index (χ2v) is 6.67. The van der Waals surface area contributed by atoms with E-state index < -0.39 is 21.4 Å². The van der Waals surface area contributed by atoms with E-state index in [9.17, 15) is 17.9 Å². The lowest BCUT2D eigenvalue weighted by molar-refractivity contribution is -0.0613. The van der Waals surface area contributed by atoms with Gasteiger partial charge in [0.25, 0.3) is 0 Å². The van der Waals surface area contributed by atoms with Gasteiger partial charge in [-0.3, -0.25) is 0 Å². The zero-order valence-corrected chi connectivity index (χ0v) is 11.2. The SMILES string of the molecule is CCC1(O)CN(S(=O)(=O)c2ccc(F)cc2C)C1. The molecule has 1 aliphatic rings. The first-order chi connectivity index (χ1) is 8.28. The van der Waals surface area contributed by atoms with Crippen molar-refractivity contribution in [2.45, 2.75) is 30.8 Å². The summed E-state index contributed by atoms with van der Waals surface area (Å²) in [7, 11) is -3.62. The second-order valence-electron chi connectivity index (χ2n) is 4.76. The Kier molecular flexibility index (Phi) is 3.21. The Hall–Kier alpha value is -0.980. The van der Waals surface area contributed by atoms with Crippen LogP contribution in [0.25, 0.3) is 0 Å². The predicted molar refractivity (Wildman–Crippen MR) is 65.1 cm³/mol. The van der Waals surface area contributed by atoms with Crippen LogP contribution in [0, 0.1) is 12.7 Å². The monoisotopic (exact) mass is 273 g/mol. The number of rotatable bonds is 3. The minimum Gasteiger partial charge on any atom is -0.387 e. The average molecular weight is 273 g/mol. The Morgan fingerprint density at radius 1 is 1.44 bits per heavy atom. The van der Waals surface area contributed by atoms with Crippen LogP contribution < -0.4 is 0 Å². The molecule has 0 aromatic heterocycles. The summed E-state index contributed by atoms with van der Waals surface area (Å²) in [6, 6.07) is 3.59. The molecule has 0 amide bonds. The molecule has 0 unspecified atom stereocenters. The van der Waals surface area contributed by atoms with Gasteiger partial charge in [0.05, 0.1) is 10.5 Å². The van der Waals surface area contributed by atoms with E-state index in [1.165, 1.54) is 16.4 Å². The molecule has 18 heavy (non-hydrogen) atoms. The fourth-order valence-electron chi connectivity index (χ4n) is 2.05. The van der Waals surface area contributed by atoms with Gasteiger partial charge in [0.15, 0.2) is 0 Å². The fraction of sp³-hybridized carbons (Fsp3) is 0.500. The molecule has 0 atom stereocenters. The molecule has 100 valence electrons. The minimum atomic E-state index is -3.62. The first-order valence-electron chi connectivity index (χ1n) is 5.77. The molecule has 1 heterocycles. The molecule has 4 nitrogen and oxygen atoms in total. The zero-order valence-electron chi connectivity index (χ0n) is 10.4. The van der Waals surface area contributed by atoms with E-state index in [4.69, 9.17) is 0 Å². The van der Waals surface area contributed by atoms with Gasteiger partial charge in [0.1, 0.15) is 5.82 Å². The largest absolute Gasteiger partial charge is 0.387 e. The molecule has 0 spiro atoms. The van der Waals surface area contributed by atoms with Crippen LogP contribution in [0.2, 0.25) is 0 Å². The summed E-state index contributed by atoms with van der Waals surface area (Å²) in [5.74, 6) is -0.458. The molecule has 1 aromatic rings. The highest BCUT2D eigenvalue weighted by Crippen LogP contribution is 2.31. The normalized spacial score (nSPS) is 19.6. The Balaban J connectivity index is 2.28. The molecule has 0 radical (unpaired) electrons. The van der Waals surface area contributed by atoms with Crippen LogP contribution in [0.15, 0.2) is 23.1 Å². The second kappa shape index (κ2) is 4.29. The Morgan fingerprint density at radius 3 is 2.56 bits per heavy atom. The molecule has 2 rings (SSSR count). The van der Waals surface area contributed by atoms with Gasteiger partial charge in [-0.25, -0.2) is 12.8 Å². The summed E-state index contributed by atoms with van der Waals surface area (Å²) in [5.41, 5.74) is -0.539. The Morgan fingerprint density at radius 2 is 2.06 bits per heavy atom. The quantitative estimate of drug-likeness (QED) is 0.902. The van der Waals surface area contributed by atoms with E-state index in [0.717, 1.165) is 6.07 Å². The van der Waals surface area contributed by atoms with Crippen molar-refractivity contribution in [1.29, 1.82) is 0 Å². The molecule has 1 fully saturated rings. The first kappa shape index (κ1) is 13.5. The highest BCUT2D eigenvalue weighted by molar-refractivity contribution is 7.89. The highest BCUT2D eigenvalue weighted by atomic mass is 32.2. The summed E-state index contributed by atoms with van der Waals surface area (Å²) in [4.78, 5) is 0.0991. The van der Waals surface area contributed by atoms with Crippen LogP contribution in [0.4, 0.5) is 4.39 Å². The Labute approximate surface area is 106 Å². The van der Waals surface area contributed by atoms with Crippen molar-refractivity contribution >= 4 is 10.0 Å². The van der Waals surface area contributed by atoms with Crippen molar-refractivity contribution in [3.8, 4) is 0 Å². The van der Waals surface area contributed by atoms with Crippen molar-refractivity contribution in [2.24, 2.45) is 0 Å². The van der Waals surface area contributed by atoms with Crippen LogP contribution in [-0.2, 0) is 10.0 Å². The molecule has 1 aliphatic heterocycles. The third kappa shape index (κ3) is 2.15. The number of benzene rings is 1. The van der Waals surface area contributed by atoms with Crippen LogP contribution in [0.5, 0.6) is 0 Å². The van der Waals surface area contributed by atoms with Gasteiger partial charge in [0, 0.05) is 13.1 Å². The van der Waals surface area contributed by atoms with E-state index in [1.54, 1.807) is 6.92 Å². The number of hydrogen-bond donors (Lipinski definition) is 1. The number of β-amino-alcohol motifs (C(OH)–C–C–N with tert-alkyl or cyclic N) is 1. The lowest BCUT2D eigenvalue weighted by Crippen LogP contribution is -2.62. The molecule has 0 saturated carbocycles. The number of halogens is 1. The molecular weight excluding hydrogens is 257 g/mol. The zero-order chi connectivity index (χ0) is 13.6. The van der Waals surface area contributed by atoms with Crippen LogP contribution in [-0.4, -0.2) is 36.5 Å². The standard InChI is InChI=1S/C12H16FNO3S/c1-3-12(15)7-14(8-12)18(16,17)11-5-4-10(13)6-9(11)2/h4-6,15H,3,7-8H2,1-2H3. The molecule has 1 saturated heterocycles. The van der Waals surface area contributed by atoms with Crippen molar-refractivity contribution in [1.82, 2.24) is 4.31 Å². The van der Waals surface area contributed by atoms with Crippen molar-refractivity contribution < 1.29 is 17.9 Å². The van der Waals surface area contributed by atoms with E-state index in [-0.39, 0.29) is 18.0 Å². The average Bonchev–Trinajstić information content (AvgIpc) is 2.24. The smallest absolute Gasteiger partial charge is 0.243 e. The van der Waals surface area contributed by atoms with E-state index in [1.807, 2.05) is 6.92 Å². The van der Waals surface area contributed by atoms with E-state index in [2.05, 4.69) is 0 Å². The minimum absolute atomic E-state index is 0.0991. The number of hydrogen-bond acceptors (Lipinski definition) is 3. The maximum Gasteiger partial charge on any atom is 0.243 e. The van der Waals surface area contributed by atoms with Gasteiger partial charge in [-0.05, 0) is 37.1 Å². The van der Waals surface area contributed by atoms with Crippen molar-refractivity contribution in [3.05, 3.63) is 29.6 Å². The fourth-order valence-corrected chi connectivity index (χ4v) is 3.85. The first-order valence-corrected chi connectivity index (χ1v) is 7.21. The van der Waals surface area contributed by atoms with E-state index in [0.29, 0.717) is 12.0 Å². The summed E-state index contributed by atoms with van der Waals surface area (Å²) in [5, 5.41) is 9.85. The third-order valence-electron chi connectivity index (χ3n) is 3.35. The summed E-state index contributed by atoms with van der Waals surface area (Å²) >= 11 is 0. The lowest BCUT2D eigenvalue weighted by Gasteiger charge is -2.45. The molecule has 1 N–H and O–H groups in total. The van der Waals surface area contributed by atoms with Crippen LogP contribution >= 0.6 is 0 Å². The van der Waals surface area contributed by atoms with E-state index >= 15 is 0 Å². The molecule has 0 bridgehead atoms. The highest BCUT2D eigenvalue weighted by Gasteiger charge is 2.46. The third-order valence-corrected chi connectivity index (χ3v) is 5.31. The number of aliphatic hydroxyl groups is 1. The number of aryl methyl sites for hydroxylation is 1. The van der Waals surface area contributed by atoms with Gasteiger partial charge < -0.3 is 5.11 Å². The number of nitrogens with zero attached hydrogens (tertiary/aromatic N) is 1. The van der Waals surface area contributed by atoms with Crippen LogP contribution in [0.1, 0.15) is 18.9 Å². The molecule has 0 aliphatic carbocycles. The van der Waals surface area contributed by atoms with Gasteiger partial charge in [-0.15, -0.1) is 0 Å². The molecule has 1 aromatic carbocycles. The molecule has 6 heteroatoms.